The predicted octanol–water partition coefficient (Wildman–Crippen LogP) is 2.39. The van der Waals surface area contributed by atoms with Gasteiger partial charge in [0.1, 0.15) is 0 Å². The van der Waals surface area contributed by atoms with Gasteiger partial charge in [-0.15, -0.1) is 0 Å². The average Bonchev–Trinajstić information content (AvgIpc) is 2.27. The quantitative estimate of drug-likeness (QED) is 0.822. The molecule has 1 rings (SSSR count). The molecule has 0 aromatic heterocycles. The van der Waals surface area contributed by atoms with E-state index in [-0.39, 0.29) is 6.04 Å². The molecule has 1 unspecified atom stereocenters. The van der Waals surface area contributed by atoms with Gasteiger partial charge in [-0.3, -0.25) is 4.79 Å². The first kappa shape index (κ1) is 12.6. The lowest BCUT2D eigenvalue weighted by Gasteiger charge is -2.13. The molecule has 1 N–H and O–H groups in total. The first-order valence-corrected chi connectivity index (χ1v) is 5.22. The van der Waals surface area contributed by atoms with Crippen LogP contribution in [0.1, 0.15) is 18.9 Å². The lowest BCUT2D eigenvalue weighted by atomic mass is 10.1. The smallest absolute Gasteiger partial charge is 0.315 e. The van der Waals surface area contributed by atoms with Crippen molar-refractivity contribution >= 4 is 5.91 Å². The summed E-state index contributed by atoms with van der Waals surface area (Å²) in [7, 11) is 0. The molecule has 0 aliphatic carbocycles. The molecule has 2 nitrogen and oxygen atoms in total. The molecule has 0 saturated carbocycles. The molecule has 0 saturated heterocycles. The molecule has 4 heteroatoms. The second-order valence-corrected chi connectivity index (χ2v) is 3.73. The van der Waals surface area contributed by atoms with Crippen LogP contribution in [0.5, 0.6) is 0 Å². The van der Waals surface area contributed by atoms with Crippen molar-refractivity contribution in [2.45, 2.75) is 32.2 Å². The Kier molecular flexibility index (Phi) is 4.89. The molecular weight excluding hydrogens is 212 g/mol. The Bertz CT molecular complexity index is 327. The van der Waals surface area contributed by atoms with Gasteiger partial charge in [-0.2, -0.15) is 8.78 Å². The summed E-state index contributed by atoms with van der Waals surface area (Å²) in [5.74, 6) is -1.19. The molecule has 1 aromatic rings. The maximum atomic E-state index is 11.9. The maximum Gasteiger partial charge on any atom is 0.315 e. The van der Waals surface area contributed by atoms with Gasteiger partial charge in [-0.05, 0) is 25.3 Å². The summed E-state index contributed by atoms with van der Waals surface area (Å²) in [6.07, 6.45) is -1.51. The number of benzene rings is 1. The van der Waals surface area contributed by atoms with Crippen molar-refractivity contribution in [1.82, 2.24) is 5.32 Å². The summed E-state index contributed by atoms with van der Waals surface area (Å²) in [6.45, 7) is 1.73. The third kappa shape index (κ3) is 4.38. The first-order chi connectivity index (χ1) is 7.59. The summed E-state index contributed by atoms with van der Waals surface area (Å²) < 4.78 is 23.9. The number of hydrogen-bond acceptors (Lipinski definition) is 1. The van der Waals surface area contributed by atoms with Gasteiger partial charge in [0.2, 0.25) is 0 Å². The van der Waals surface area contributed by atoms with Crippen LogP contribution < -0.4 is 5.32 Å². The van der Waals surface area contributed by atoms with Crippen LogP contribution in [0.15, 0.2) is 30.3 Å². The largest absolute Gasteiger partial charge is 0.349 e. The van der Waals surface area contributed by atoms with Gasteiger partial charge in [0.15, 0.2) is 0 Å². The van der Waals surface area contributed by atoms with Crippen molar-refractivity contribution in [3.63, 3.8) is 0 Å². The van der Waals surface area contributed by atoms with E-state index in [1.165, 1.54) is 0 Å². The topological polar surface area (TPSA) is 29.1 Å². The van der Waals surface area contributed by atoms with Crippen LogP contribution in [-0.4, -0.2) is 18.4 Å². The molecule has 0 aliphatic heterocycles. The van der Waals surface area contributed by atoms with Crippen molar-refractivity contribution in [1.29, 1.82) is 0 Å². The maximum absolute atomic E-state index is 11.9. The molecule has 0 heterocycles. The molecule has 0 fully saturated rings. The Morgan fingerprint density at radius 1 is 1.31 bits per heavy atom. The van der Waals surface area contributed by atoms with E-state index in [2.05, 4.69) is 5.32 Å². The number of hydrogen-bond donors (Lipinski definition) is 1. The van der Waals surface area contributed by atoms with Crippen LogP contribution in [0, 0.1) is 0 Å². The fourth-order valence-electron chi connectivity index (χ4n) is 1.41. The summed E-state index contributed by atoms with van der Waals surface area (Å²) >= 11 is 0. The number of carbonyl (C=O) groups is 1. The van der Waals surface area contributed by atoms with Gasteiger partial charge in [-0.1, -0.05) is 30.3 Å². The van der Waals surface area contributed by atoms with Gasteiger partial charge >= 0.3 is 6.43 Å². The Hall–Kier alpha value is -1.45. The molecule has 88 valence electrons. The molecule has 0 bridgehead atoms. The highest BCUT2D eigenvalue weighted by atomic mass is 19.3. The second kappa shape index (κ2) is 6.20. The lowest BCUT2D eigenvalue weighted by molar-refractivity contribution is -0.132. The van der Waals surface area contributed by atoms with Gasteiger partial charge < -0.3 is 5.32 Å². The standard InChI is InChI=1S/C12H15F2NO/c1-9(15-12(16)11(13)14)7-8-10-5-3-2-4-6-10/h2-6,9,11H,7-8H2,1H3,(H,15,16). The highest BCUT2D eigenvalue weighted by Gasteiger charge is 2.16. The molecular formula is C12H15F2NO. The highest BCUT2D eigenvalue weighted by molar-refractivity contribution is 5.79. The van der Waals surface area contributed by atoms with E-state index in [0.717, 1.165) is 12.0 Å². The Labute approximate surface area is 93.7 Å². The third-order valence-electron chi connectivity index (χ3n) is 2.30. The zero-order valence-electron chi connectivity index (χ0n) is 9.12. The highest BCUT2D eigenvalue weighted by Crippen LogP contribution is 2.05. The fraction of sp³-hybridized carbons (Fsp3) is 0.417. The molecule has 0 spiro atoms. The summed E-state index contributed by atoms with van der Waals surface area (Å²) in [5, 5.41) is 2.26. The van der Waals surface area contributed by atoms with Crippen molar-refractivity contribution in [3.8, 4) is 0 Å². The fourth-order valence-corrected chi connectivity index (χ4v) is 1.41. The van der Waals surface area contributed by atoms with Crippen molar-refractivity contribution in [3.05, 3.63) is 35.9 Å². The molecule has 16 heavy (non-hydrogen) atoms. The molecule has 1 atom stereocenters. The van der Waals surface area contributed by atoms with E-state index >= 15 is 0 Å². The average molecular weight is 227 g/mol. The Balaban J connectivity index is 2.30. The number of amides is 1. The zero-order valence-corrected chi connectivity index (χ0v) is 9.12. The van der Waals surface area contributed by atoms with E-state index in [1.54, 1.807) is 6.92 Å². The van der Waals surface area contributed by atoms with Crippen LogP contribution in [0.3, 0.4) is 0 Å². The number of rotatable bonds is 5. The molecule has 0 aliphatic rings. The van der Waals surface area contributed by atoms with Gasteiger partial charge in [0, 0.05) is 6.04 Å². The molecule has 0 radical (unpaired) electrons. The number of aryl methyl sites for hydroxylation is 1. The van der Waals surface area contributed by atoms with Gasteiger partial charge in [-0.25, -0.2) is 0 Å². The number of alkyl halides is 2. The van der Waals surface area contributed by atoms with Crippen LogP contribution in [0.4, 0.5) is 8.78 Å². The molecule has 1 amide bonds. The van der Waals surface area contributed by atoms with Gasteiger partial charge in [0.05, 0.1) is 0 Å². The first-order valence-electron chi connectivity index (χ1n) is 5.22. The van der Waals surface area contributed by atoms with Crippen LogP contribution >= 0.6 is 0 Å². The number of nitrogens with one attached hydrogen (secondary N) is 1. The van der Waals surface area contributed by atoms with E-state index in [9.17, 15) is 13.6 Å². The van der Waals surface area contributed by atoms with E-state index in [4.69, 9.17) is 0 Å². The van der Waals surface area contributed by atoms with Crippen molar-refractivity contribution in [2.75, 3.05) is 0 Å². The Morgan fingerprint density at radius 2 is 1.94 bits per heavy atom. The number of halogens is 2. The van der Waals surface area contributed by atoms with Crippen molar-refractivity contribution < 1.29 is 13.6 Å². The van der Waals surface area contributed by atoms with Crippen LogP contribution in [0.25, 0.3) is 0 Å². The Morgan fingerprint density at radius 3 is 2.50 bits per heavy atom. The predicted molar refractivity (Wildman–Crippen MR) is 58.4 cm³/mol. The second-order valence-electron chi connectivity index (χ2n) is 3.73. The summed E-state index contributed by atoms with van der Waals surface area (Å²) in [6, 6.07) is 9.49. The monoisotopic (exact) mass is 227 g/mol. The minimum absolute atomic E-state index is 0.235. The van der Waals surface area contributed by atoms with Crippen LogP contribution in [-0.2, 0) is 11.2 Å². The van der Waals surface area contributed by atoms with E-state index in [1.807, 2.05) is 30.3 Å². The number of carbonyl (C=O) groups excluding carboxylic acids is 1. The molecule has 1 aromatic carbocycles. The minimum atomic E-state index is -2.93. The summed E-state index contributed by atoms with van der Waals surface area (Å²) in [5.41, 5.74) is 1.14. The SMILES string of the molecule is CC(CCc1ccccc1)NC(=O)C(F)F. The van der Waals surface area contributed by atoms with E-state index in [0.29, 0.717) is 6.42 Å². The third-order valence-corrected chi connectivity index (χ3v) is 2.30. The summed E-state index contributed by atoms with van der Waals surface area (Å²) in [4.78, 5) is 10.7. The van der Waals surface area contributed by atoms with Crippen LogP contribution in [0.2, 0.25) is 0 Å². The van der Waals surface area contributed by atoms with E-state index < -0.39 is 12.3 Å². The zero-order chi connectivity index (χ0) is 12.0. The van der Waals surface area contributed by atoms with Gasteiger partial charge in [0.25, 0.3) is 5.91 Å². The minimum Gasteiger partial charge on any atom is -0.349 e. The lowest BCUT2D eigenvalue weighted by Crippen LogP contribution is -2.36. The normalized spacial score (nSPS) is 12.5. The van der Waals surface area contributed by atoms with Crippen molar-refractivity contribution in [2.24, 2.45) is 0 Å².